The molecule has 0 spiro atoms. The lowest BCUT2D eigenvalue weighted by molar-refractivity contribution is 0.0786. The fraction of sp³-hybridized carbons (Fsp3) is 0.368. The van der Waals surface area contributed by atoms with E-state index in [9.17, 15) is 5.11 Å². The molecule has 27 heavy (non-hydrogen) atoms. The molecule has 0 saturated heterocycles. The van der Waals surface area contributed by atoms with Gasteiger partial charge >= 0.3 is 0 Å². The predicted octanol–water partition coefficient (Wildman–Crippen LogP) is 4.12. The molecule has 0 aliphatic carbocycles. The summed E-state index contributed by atoms with van der Waals surface area (Å²) in [6.07, 6.45) is 6.00. The Bertz CT molecular complexity index is 874. The minimum absolute atomic E-state index is 0.356. The number of para-hydroxylation sites is 1. The maximum absolute atomic E-state index is 11.0. The largest absolute Gasteiger partial charge is 0.380 e. The third kappa shape index (κ3) is 4.87. The molecular formula is C19H25ClN4O2Si. The minimum Gasteiger partial charge on any atom is -0.380 e. The number of ether oxygens (including phenoxy) is 1. The molecule has 1 unspecified atom stereocenters. The van der Waals surface area contributed by atoms with E-state index < -0.39 is 14.2 Å². The average Bonchev–Trinajstić information content (AvgIpc) is 3.28. The Balaban J connectivity index is 1.81. The van der Waals surface area contributed by atoms with Crippen LogP contribution in [0.4, 0.5) is 0 Å². The number of halogens is 1. The van der Waals surface area contributed by atoms with Crippen LogP contribution in [0.25, 0.3) is 5.69 Å². The first kappa shape index (κ1) is 19.8. The molecule has 0 aliphatic heterocycles. The summed E-state index contributed by atoms with van der Waals surface area (Å²) in [6.45, 7) is 8.02. The monoisotopic (exact) mass is 404 g/mol. The second-order valence-corrected chi connectivity index (χ2v) is 13.7. The molecule has 2 aromatic heterocycles. The SMILES string of the molecule is C[Si](C)(C)CCOCn1ccnc1C(O)c1cccc(Cl)c1-n1cccn1. The number of rotatable bonds is 8. The van der Waals surface area contributed by atoms with E-state index >= 15 is 0 Å². The van der Waals surface area contributed by atoms with E-state index in [4.69, 9.17) is 16.3 Å². The van der Waals surface area contributed by atoms with E-state index in [2.05, 4.69) is 29.7 Å². The molecule has 2 heterocycles. The van der Waals surface area contributed by atoms with E-state index in [1.807, 2.05) is 29.0 Å². The lowest BCUT2D eigenvalue weighted by Crippen LogP contribution is -2.22. The van der Waals surface area contributed by atoms with Crippen molar-refractivity contribution in [3.05, 3.63) is 65.5 Å². The highest BCUT2D eigenvalue weighted by molar-refractivity contribution is 6.76. The lowest BCUT2D eigenvalue weighted by Gasteiger charge is -2.19. The summed E-state index contributed by atoms with van der Waals surface area (Å²) in [7, 11) is -1.14. The molecule has 0 amide bonds. The van der Waals surface area contributed by atoms with Gasteiger partial charge in [-0.25, -0.2) is 9.67 Å². The molecule has 0 saturated carbocycles. The van der Waals surface area contributed by atoms with Crippen LogP contribution >= 0.6 is 11.6 Å². The summed E-state index contributed by atoms with van der Waals surface area (Å²) in [5, 5.41) is 15.8. The number of hydrogen-bond donors (Lipinski definition) is 1. The van der Waals surface area contributed by atoms with Crippen LogP contribution < -0.4 is 0 Å². The first-order chi connectivity index (χ1) is 12.9. The highest BCUT2D eigenvalue weighted by Gasteiger charge is 2.22. The van der Waals surface area contributed by atoms with Gasteiger partial charge in [-0.2, -0.15) is 5.10 Å². The second-order valence-electron chi connectivity index (χ2n) is 7.63. The first-order valence-corrected chi connectivity index (χ1v) is 13.0. The van der Waals surface area contributed by atoms with Crippen LogP contribution in [-0.4, -0.2) is 39.1 Å². The third-order valence-electron chi connectivity index (χ3n) is 4.27. The number of imidazole rings is 1. The van der Waals surface area contributed by atoms with Crippen molar-refractivity contribution in [2.24, 2.45) is 0 Å². The van der Waals surface area contributed by atoms with Crippen LogP contribution in [0.5, 0.6) is 0 Å². The number of aromatic nitrogens is 4. The van der Waals surface area contributed by atoms with Gasteiger partial charge < -0.3 is 14.4 Å². The zero-order valence-corrected chi connectivity index (χ0v) is 17.6. The number of nitrogens with zero attached hydrogens (tertiary/aromatic N) is 4. The number of benzene rings is 1. The van der Waals surface area contributed by atoms with Gasteiger partial charge in [-0.05, 0) is 18.2 Å². The van der Waals surface area contributed by atoms with Crippen LogP contribution in [0.3, 0.4) is 0 Å². The van der Waals surface area contributed by atoms with Crippen molar-refractivity contribution in [1.29, 1.82) is 0 Å². The lowest BCUT2D eigenvalue weighted by atomic mass is 10.1. The quantitative estimate of drug-likeness (QED) is 0.453. The predicted molar refractivity (Wildman–Crippen MR) is 109 cm³/mol. The Hall–Kier alpha value is -1.93. The Labute approximate surface area is 165 Å². The third-order valence-corrected chi connectivity index (χ3v) is 6.27. The van der Waals surface area contributed by atoms with Crippen molar-refractivity contribution in [3.8, 4) is 5.69 Å². The van der Waals surface area contributed by atoms with E-state index in [1.165, 1.54) is 0 Å². The van der Waals surface area contributed by atoms with Crippen molar-refractivity contribution in [2.45, 2.75) is 38.5 Å². The number of aliphatic hydroxyl groups excluding tert-OH is 1. The maximum Gasteiger partial charge on any atom is 0.144 e. The fourth-order valence-corrected chi connectivity index (χ4v) is 3.78. The summed E-state index contributed by atoms with van der Waals surface area (Å²) in [5.41, 5.74) is 1.28. The fourth-order valence-electron chi connectivity index (χ4n) is 2.75. The second kappa shape index (κ2) is 8.39. The average molecular weight is 405 g/mol. The van der Waals surface area contributed by atoms with E-state index in [0.29, 0.717) is 35.4 Å². The standard InChI is InChI=1S/C19H25ClN4O2Si/c1-27(2,3)13-12-26-14-23-11-9-21-19(23)18(25)15-6-4-7-16(20)17(15)24-10-5-8-22-24/h4-11,18,25H,12-14H2,1-3H3. The molecule has 0 fully saturated rings. The van der Waals surface area contributed by atoms with Gasteiger partial charge in [0.15, 0.2) is 0 Å². The van der Waals surface area contributed by atoms with Gasteiger partial charge in [-0.3, -0.25) is 0 Å². The molecule has 0 bridgehead atoms. The molecule has 1 atom stereocenters. The molecule has 0 aliphatic rings. The van der Waals surface area contributed by atoms with Crippen molar-refractivity contribution in [2.75, 3.05) is 6.61 Å². The molecular weight excluding hydrogens is 380 g/mol. The van der Waals surface area contributed by atoms with Crippen molar-refractivity contribution in [3.63, 3.8) is 0 Å². The molecule has 144 valence electrons. The van der Waals surface area contributed by atoms with Crippen molar-refractivity contribution >= 4 is 19.7 Å². The number of hydrogen-bond acceptors (Lipinski definition) is 4. The van der Waals surface area contributed by atoms with Crippen LogP contribution in [0.2, 0.25) is 30.7 Å². The van der Waals surface area contributed by atoms with Crippen molar-refractivity contribution in [1.82, 2.24) is 19.3 Å². The van der Waals surface area contributed by atoms with Gasteiger partial charge in [-0.1, -0.05) is 43.4 Å². The Morgan fingerprint density at radius 3 is 2.70 bits per heavy atom. The molecule has 1 aromatic carbocycles. The Morgan fingerprint density at radius 1 is 1.19 bits per heavy atom. The summed E-state index contributed by atoms with van der Waals surface area (Å²) in [4.78, 5) is 4.34. The first-order valence-electron chi connectivity index (χ1n) is 8.92. The van der Waals surface area contributed by atoms with Gasteiger partial charge in [0.1, 0.15) is 18.7 Å². The topological polar surface area (TPSA) is 65.1 Å². The van der Waals surface area contributed by atoms with E-state index in [0.717, 1.165) is 6.04 Å². The van der Waals surface area contributed by atoms with Crippen LogP contribution in [0.15, 0.2) is 49.1 Å². The molecule has 3 rings (SSSR count). The molecule has 1 N–H and O–H groups in total. The van der Waals surface area contributed by atoms with Gasteiger partial charge in [-0.15, -0.1) is 0 Å². The molecule has 0 radical (unpaired) electrons. The molecule has 8 heteroatoms. The Kier molecular flexibility index (Phi) is 6.16. The summed E-state index contributed by atoms with van der Waals surface area (Å²) < 4.78 is 9.28. The summed E-state index contributed by atoms with van der Waals surface area (Å²) >= 11 is 6.39. The maximum atomic E-state index is 11.0. The van der Waals surface area contributed by atoms with Gasteiger partial charge in [0, 0.05) is 45.0 Å². The van der Waals surface area contributed by atoms with Crippen LogP contribution in [0.1, 0.15) is 17.5 Å². The van der Waals surface area contributed by atoms with E-state index in [-0.39, 0.29) is 0 Å². The normalized spacial score (nSPS) is 13.1. The molecule has 3 aromatic rings. The number of aliphatic hydroxyl groups is 1. The summed E-state index contributed by atoms with van der Waals surface area (Å²) in [6, 6.07) is 8.33. The zero-order chi connectivity index (χ0) is 19.4. The van der Waals surface area contributed by atoms with E-state index in [1.54, 1.807) is 29.3 Å². The Morgan fingerprint density at radius 2 is 2.00 bits per heavy atom. The van der Waals surface area contributed by atoms with Crippen molar-refractivity contribution < 1.29 is 9.84 Å². The van der Waals surface area contributed by atoms with Gasteiger partial charge in [0.2, 0.25) is 0 Å². The van der Waals surface area contributed by atoms with Crippen LogP contribution in [0, 0.1) is 0 Å². The highest BCUT2D eigenvalue weighted by Crippen LogP contribution is 2.31. The summed E-state index contributed by atoms with van der Waals surface area (Å²) in [5.74, 6) is 0.513. The van der Waals surface area contributed by atoms with Gasteiger partial charge in [0.05, 0.1) is 10.7 Å². The molecule has 6 nitrogen and oxygen atoms in total. The highest BCUT2D eigenvalue weighted by atomic mass is 35.5. The smallest absolute Gasteiger partial charge is 0.144 e. The minimum atomic E-state index is -1.14. The zero-order valence-electron chi connectivity index (χ0n) is 15.8. The van der Waals surface area contributed by atoms with Crippen LogP contribution in [-0.2, 0) is 11.5 Å². The van der Waals surface area contributed by atoms with Gasteiger partial charge in [0.25, 0.3) is 0 Å².